The van der Waals surface area contributed by atoms with Crippen molar-refractivity contribution in [3.63, 3.8) is 0 Å². The van der Waals surface area contributed by atoms with E-state index in [1.807, 2.05) is 0 Å². The van der Waals surface area contributed by atoms with Crippen molar-refractivity contribution < 1.29 is 14.3 Å². The molecule has 1 heterocycles. The Hall–Kier alpha value is -2.17. The number of aromatic hydroxyl groups is 1. The summed E-state index contributed by atoms with van der Waals surface area (Å²) in [5.41, 5.74) is 0.476. The van der Waals surface area contributed by atoms with Crippen molar-refractivity contribution in [3.8, 4) is 22.8 Å². The van der Waals surface area contributed by atoms with Crippen LogP contribution in [0.5, 0.6) is 11.5 Å². The van der Waals surface area contributed by atoms with Gasteiger partial charge in [0, 0.05) is 23.8 Å². The van der Waals surface area contributed by atoms with Crippen molar-refractivity contribution in [1.29, 1.82) is 0 Å². The van der Waals surface area contributed by atoms with E-state index in [4.69, 9.17) is 32.4 Å². The Morgan fingerprint density at radius 1 is 1.09 bits per heavy atom. The maximum absolute atomic E-state index is 12.2. The van der Waals surface area contributed by atoms with Gasteiger partial charge in [-0.1, -0.05) is 23.2 Å². The lowest BCUT2D eigenvalue weighted by Gasteiger charge is -2.07. The lowest BCUT2D eigenvalue weighted by Crippen LogP contribution is -2.01. The fraction of sp³-hybridized carbons (Fsp3) is 0.0625. The smallest absolute Gasteiger partial charge is 0.197 e. The van der Waals surface area contributed by atoms with Gasteiger partial charge in [0.2, 0.25) is 0 Å². The molecule has 0 amide bonds. The minimum Gasteiger partial charge on any atom is -0.507 e. The number of methoxy groups -OCH3 is 1. The minimum atomic E-state index is -0.359. The molecule has 3 aromatic rings. The Bertz CT molecular complexity index is 931. The van der Waals surface area contributed by atoms with Crippen LogP contribution in [0.15, 0.2) is 45.6 Å². The molecule has 6 heteroatoms. The van der Waals surface area contributed by atoms with Gasteiger partial charge in [-0.15, -0.1) is 0 Å². The Morgan fingerprint density at radius 2 is 1.86 bits per heavy atom. The molecule has 0 bridgehead atoms. The highest BCUT2D eigenvalue weighted by Gasteiger charge is 2.13. The second-order valence-corrected chi connectivity index (χ2v) is 5.44. The normalized spacial score (nSPS) is 10.9. The fourth-order valence-corrected chi connectivity index (χ4v) is 2.45. The zero-order valence-electron chi connectivity index (χ0n) is 11.4. The largest absolute Gasteiger partial charge is 0.507 e. The standard InChI is InChI=1S/C16H10Cl2O4/c1-21-9-5-12(19)16-13(20)7-14(22-15(16)6-9)8-2-3-10(17)11(18)4-8/h2-7,19H,1H3. The van der Waals surface area contributed by atoms with E-state index in [0.717, 1.165) is 0 Å². The van der Waals surface area contributed by atoms with Gasteiger partial charge in [-0.25, -0.2) is 0 Å². The van der Waals surface area contributed by atoms with Crippen LogP contribution < -0.4 is 10.2 Å². The molecule has 0 radical (unpaired) electrons. The second-order valence-electron chi connectivity index (χ2n) is 4.62. The monoisotopic (exact) mass is 336 g/mol. The molecular weight excluding hydrogens is 327 g/mol. The summed E-state index contributed by atoms with van der Waals surface area (Å²) in [7, 11) is 1.46. The van der Waals surface area contributed by atoms with E-state index in [9.17, 15) is 9.90 Å². The first kappa shape index (κ1) is 14.8. The number of phenols is 1. The van der Waals surface area contributed by atoms with Crippen molar-refractivity contribution >= 4 is 34.2 Å². The molecule has 4 nitrogen and oxygen atoms in total. The summed E-state index contributed by atoms with van der Waals surface area (Å²) in [6.45, 7) is 0. The fourth-order valence-electron chi connectivity index (χ4n) is 2.15. The molecule has 0 aliphatic heterocycles. The van der Waals surface area contributed by atoms with Gasteiger partial charge in [0.05, 0.1) is 17.2 Å². The molecule has 0 spiro atoms. The van der Waals surface area contributed by atoms with Gasteiger partial charge in [0.15, 0.2) is 5.43 Å². The summed E-state index contributed by atoms with van der Waals surface area (Å²) in [5.74, 6) is 0.520. The SMILES string of the molecule is COc1cc(O)c2c(=O)cc(-c3ccc(Cl)c(Cl)c3)oc2c1. The number of rotatable bonds is 2. The summed E-state index contributed by atoms with van der Waals surface area (Å²) >= 11 is 11.9. The van der Waals surface area contributed by atoms with Crippen LogP contribution in [0.4, 0.5) is 0 Å². The first-order valence-corrected chi connectivity index (χ1v) is 7.05. The molecule has 112 valence electrons. The van der Waals surface area contributed by atoms with Gasteiger partial charge in [0.25, 0.3) is 0 Å². The predicted molar refractivity (Wildman–Crippen MR) is 86.2 cm³/mol. The van der Waals surface area contributed by atoms with E-state index < -0.39 is 0 Å². The van der Waals surface area contributed by atoms with Crippen LogP contribution in [0.25, 0.3) is 22.3 Å². The summed E-state index contributed by atoms with van der Waals surface area (Å²) in [6.07, 6.45) is 0. The number of benzene rings is 2. The molecule has 22 heavy (non-hydrogen) atoms. The third kappa shape index (κ3) is 2.51. The first-order valence-electron chi connectivity index (χ1n) is 6.30. The molecule has 1 N–H and O–H groups in total. The van der Waals surface area contributed by atoms with Gasteiger partial charge in [0.1, 0.15) is 28.2 Å². The number of halogens is 2. The van der Waals surface area contributed by atoms with Crippen molar-refractivity contribution in [2.45, 2.75) is 0 Å². The zero-order valence-corrected chi connectivity index (χ0v) is 12.9. The van der Waals surface area contributed by atoms with Crippen LogP contribution in [-0.4, -0.2) is 12.2 Å². The maximum Gasteiger partial charge on any atom is 0.197 e. The molecule has 0 atom stereocenters. The molecule has 0 saturated carbocycles. The van der Waals surface area contributed by atoms with Crippen LogP contribution in [0.1, 0.15) is 0 Å². The number of hydrogen-bond donors (Lipinski definition) is 1. The lowest BCUT2D eigenvalue weighted by molar-refractivity contribution is 0.408. The van der Waals surface area contributed by atoms with Crippen LogP contribution in [0, 0.1) is 0 Å². The molecule has 0 fully saturated rings. The van der Waals surface area contributed by atoms with Crippen LogP contribution >= 0.6 is 23.2 Å². The third-order valence-corrected chi connectivity index (χ3v) is 3.96. The average molecular weight is 337 g/mol. The van der Waals surface area contributed by atoms with E-state index in [-0.39, 0.29) is 22.1 Å². The van der Waals surface area contributed by atoms with Gasteiger partial charge in [-0.2, -0.15) is 0 Å². The van der Waals surface area contributed by atoms with E-state index in [2.05, 4.69) is 0 Å². The maximum atomic E-state index is 12.2. The molecular formula is C16H10Cl2O4. The molecule has 0 saturated heterocycles. The van der Waals surface area contributed by atoms with E-state index in [1.54, 1.807) is 18.2 Å². The summed E-state index contributed by atoms with van der Waals surface area (Å²) in [6, 6.07) is 9.11. The summed E-state index contributed by atoms with van der Waals surface area (Å²) < 4.78 is 10.8. The van der Waals surface area contributed by atoms with Crippen molar-refractivity contribution in [2.24, 2.45) is 0 Å². The van der Waals surface area contributed by atoms with Crippen LogP contribution in [0.3, 0.4) is 0 Å². The van der Waals surface area contributed by atoms with E-state index in [1.165, 1.54) is 25.3 Å². The minimum absolute atomic E-state index is 0.101. The van der Waals surface area contributed by atoms with Gasteiger partial charge in [-0.05, 0) is 18.2 Å². The van der Waals surface area contributed by atoms with Crippen LogP contribution in [0.2, 0.25) is 10.0 Å². The highest BCUT2D eigenvalue weighted by atomic mass is 35.5. The quantitative estimate of drug-likeness (QED) is 0.749. The average Bonchev–Trinajstić information content (AvgIpc) is 2.49. The van der Waals surface area contributed by atoms with Crippen LogP contribution in [-0.2, 0) is 0 Å². The molecule has 2 aromatic carbocycles. The molecule has 0 unspecified atom stereocenters. The highest BCUT2D eigenvalue weighted by Crippen LogP contribution is 2.32. The molecule has 3 rings (SSSR count). The highest BCUT2D eigenvalue weighted by molar-refractivity contribution is 6.42. The number of hydrogen-bond acceptors (Lipinski definition) is 4. The second kappa shape index (κ2) is 5.55. The Balaban J connectivity index is 2.27. The predicted octanol–water partition coefficient (Wildman–Crippen LogP) is 4.48. The van der Waals surface area contributed by atoms with E-state index in [0.29, 0.717) is 27.1 Å². The third-order valence-electron chi connectivity index (χ3n) is 3.22. The summed E-state index contributed by atoms with van der Waals surface area (Å²) in [4.78, 5) is 12.2. The Morgan fingerprint density at radius 3 is 2.55 bits per heavy atom. The lowest BCUT2D eigenvalue weighted by atomic mass is 10.1. The molecule has 1 aromatic heterocycles. The van der Waals surface area contributed by atoms with E-state index >= 15 is 0 Å². The number of ether oxygens (including phenoxy) is 1. The topological polar surface area (TPSA) is 59.7 Å². The number of fused-ring (bicyclic) bond motifs is 1. The molecule has 0 aliphatic carbocycles. The number of phenolic OH excluding ortho intramolecular Hbond substituents is 1. The first-order chi connectivity index (χ1) is 10.5. The Labute approximate surface area is 135 Å². The zero-order chi connectivity index (χ0) is 15.9. The van der Waals surface area contributed by atoms with Gasteiger partial charge < -0.3 is 14.3 Å². The van der Waals surface area contributed by atoms with Crippen molar-refractivity contribution in [1.82, 2.24) is 0 Å². The molecule has 0 aliphatic rings. The van der Waals surface area contributed by atoms with Gasteiger partial charge >= 0.3 is 0 Å². The van der Waals surface area contributed by atoms with Crippen molar-refractivity contribution in [2.75, 3.05) is 7.11 Å². The van der Waals surface area contributed by atoms with Crippen molar-refractivity contribution in [3.05, 3.63) is 56.7 Å². The summed E-state index contributed by atoms with van der Waals surface area (Å²) in [5, 5.41) is 10.8. The Kier molecular flexibility index (Phi) is 3.72. The van der Waals surface area contributed by atoms with Gasteiger partial charge in [-0.3, -0.25) is 4.79 Å².